The van der Waals surface area contributed by atoms with E-state index in [1.807, 2.05) is 10.9 Å². The molecule has 158 valence electrons. The number of hydrogen-bond donors (Lipinski definition) is 1. The molecule has 7 heteroatoms. The van der Waals surface area contributed by atoms with E-state index in [1.54, 1.807) is 17.0 Å². The third kappa shape index (κ3) is 2.79. The van der Waals surface area contributed by atoms with Crippen LogP contribution in [-0.4, -0.2) is 51.2 Å². The van der Waals surface area contributed by atoms with E-state index in [1.165, 1.54) is 17.7 Å². The van der Waals surface area contributed by atoms with Crippen LogP contribution in [0.4, 0.5) is 9.18 Å². The van der Waals surface area contributed by atoms with Crippen LogP contribution in [0.2, 0.25) is 0 Å². The molecule has 6 nitrogen and oxygen atoms in total. The molecule has 1 spiro atoms. The van der Waals surface area contributed by atoms with Gasteiger partial charge in [0.2, 0.25) is 0 Å². The van der Waals surface area contributed by atoms with Gasteiger partial charge in [0.25, 0.3) is 0 Å². The van der Waals surface area contributed by atoms with Gasteiger partial charge in [-0.3, -0.25) is 0 Å². The summed E-state index contributed by atoms with van der Waals surface area (Å²) in [7, 11) is 0. The largest absolute Gasteiger partial charge is 0.440 e. The molecule has 3 aliphatic rings. The van der Waals surface area contributed by atoms with E-state index in [0.717, 1.165) is 42.6 Å². The first-order chi connectivity index (χ1) is 14.5. The Morgan fingerprint density at radius 1 is 1.30 bits per heavy atom. The van der Waals surface area contributed by atoms with Crippen molar-refractivity contribution in [1.82, 2.24) is 14.7 Å². The highest BCUT2D eigenvalue weighted by Crippen LogP contribution is 2.56. The van der Waals surface area contributed by atoms with Gasteiger partial charge >= 0.3 is 6.09 Å². The lowest BCUT2D eigenvalue weighted by molar-refractivity contribution is -0.0524. The number of hydrogen-bond acceptors (Lipinski definition) is 4. The second-order valence-corrected chi connectivity index (χ2v) is 8.84. The van der Waals surface area contributed by atoms with Gasteiger partial charge in [0.15, 0.2) is 0 Å². The lowest BCUT2D eigenvalue weighted by Gasteiger charge is -2.51. The Morgan fingerprint density at radius 3 is 2.87 bits per heavy atom. The topological polar surface area (TPSA) is 67.6 Å². The van der Waals surface area contributed by atoms with Crippen LogP contribution in [-0.2, 0) is 11.2 Å². The Balaban J connectivity index is 1.51. The maximum atomic E-state index is 13.3. The fourth-order valence-corrected chi connectivity index (χ4v) is 5.42. The molecular formula is C23H26FN3O3. The van der Waals surface area contributed by atoms with Crippen molar-refractivity contribution in [3.8, 4) is 5.69 Å². The van der Waals surface area contributed by atoms with Gasteiger partial charge in [-0.05, 0) is 68.0 Å². The highest BCUT2D eigenvalue weighted by molar-refractivity contribution is 5.72. The molecule has 2 heterocycles. The van der Waals surface area contributed by atoms with E-state index in [4.69, 9.17) is 9.84 Å². The van der Waals surface area contributed by atoms with Crippen LogP contribution in [0.5, 0.6) is 0 Å². The Labute approximate surface area is 174 Å². The number of carbonyl (C=O) groups excluding carboxylic acids is 1. The minimum atomic E-state index is -0.556. The standard InChI is InChI=1S/C23H26FN3O3/c1-22-13-16-14-25-27(19-7-5-18(24)6-8-19)20(16)12-17(22)4-2-9-23(22)15-26(10-3-11-28)21(29)30-23/h5-8,12,14,28H,2-4,9-11,13,15H2,1H3/t22-,23+/m0/s1. The summed E-state index contributed by atoms with van der Waals surface area (Å²) in [6, 6.07) is 6.35. The summed E-state index contributed by atoms with van der Waals surface area (Å²) in [6.07, 6.45) is 7.85. The summed E-state index contributed by atoms with van der Waals surface area (Å²) < 4.78 is 21.3. The molecule has 1 aromatic carbocycles. The van der Waals surface area contributed by atoms with Crippen LogP contribution >= 0.6 is 0 Å². The van der Waals surface area contributed by atoms with E-state index in [9.17, 15) is 9.18 Å². The number of aliphatic hydroxyl groups is 1. The van der Waals surface area contributed by atoms with Crippen molar-refractivity contribution in [2.45, 2.75) is 44.6 Å². The molecule has 1 aliphatic heterocycles. The number of amides is 1. The zero-order valence-corrected chi connectivity index (χ0v) is 17.1. The van der Waals surface area contributed by atoms with Crippen LogP contribution in [0.1, 0.15) is 43.9 Å². The van der Waals surface area contributed by atoms with Crippen molar-refractivity contribution >= 4 is 12.2 Å². The molecule has 2 aromatic rings. The molecule has 1 N–H and O–H groups in total. The van der Waals surface area contributed by atoms with E-state index >= 15 is 0 Å². The van der Waals surface area contributed by atoms with Crippen LogP contribution in [0.15, 0.2) is 36.0 Å². The van der Waals surface area contributed by atoms with Crippen molar-refractivity contribution in [3.05, 3.63) is 53.1 Å². The van der Waals surface area contributed by atoms with E-state index < -0.39 is 5.60 Å². The Morgan fingerprint density at radius 2 is 2.10 bits per heavy atom. The predicted octanol–water partition coefficient (Wildman–Crippen LogP) is 3.71. The van der Waals surface area contributed by atoms with Gasteiger partial charge in [0.1, 0.15) is 11.4 Å². The van der Waals surface area contributed by atoms with E-state index in [0.29, 0.717) is 19.5 Å². The van der Waals surface area contributed by atoms with Gasteiger partial charge in [-0.25, -0.2) is 13.9 Å². The predicted molar refractivity (Wildman–Crippen MR) is 110 cm³/mol. The molecule has 2 atom stereocenters. The monoisotopic (exact) mass is 411 g/mol. The second-order valence-electron chi connectivity index (χ2n) is 8.84. The number of carbonyl (C=O) groups is 1. The van der Waals surface area contributed by atoms with E-state index in [2.05, 4.69) is 18.1 Å². The summed E-state index contributed by atoms with van der Waals surface area (Å²) in [5.74, 6) is -0.270. The number of rotatable bonds is 4. The first-order valence-corrected chi connectivity index (χ1v) is 10.6. The zero-order chi connectivity index (χ0) is 20.9. The van der Waals surface area contributed by atoms with Gasteiger partial charge in [-0.2, -0.15) is 5.10 Å². The second kappa shape index (κ2) is 6.94. The first kappa shape index (κ1) is 19.3. The Hall–Kier alpha value is -2.67. The number of aromatic nitrogens is 2. The normalized spacial score (nSPS) is 27.6. The van der Waals surface area contributed by atoms with Gasteiger partial charge in [0.05, 0.1) is 24.1 Å². The third-order valence-electron chi connectivity index (χ3n) is 7.13. The molecule has 1 saturated carbocycles. The van der Waals surface area contributed by atoms with E-state index in [-0.39, 0.29) is 23.9 Å². The number of aliphatic hydroxyl groups excluding tert-OH is 1. The molecule has 1 saturated heterocycles. The zero-order valence-electron chi connectivity index (χ0n) is 17.1. The minimum absolute atomic E-state index is 0.0606. The van der Waals surface area contributed by atoms with Gasteiger partial charge < -0.3 is 14.7 Å². The summed E-state index contributed by atoms with van der Waals surface area (Å²) in [5.41, 5.74) is 3.38. The Bertz CT molecular complexity index is 1020. The van der Waals surface area contributed by atoms with Crippen molar-refractivity contribution < 1.29 is 19.0 Å². The highest BCUT2D eigenvalue weighted by Gasteiger charge is 2.60. The lowest BCUT2D eigenvalue weighted by atomic mass is 9.57. The number of nitrogens with zero attached hydrogens (tertiary/aromatic N) is 3. The highest BCUT2D eigenvalue weighted by atomic mass is 19.1. The first-order valence-electron chi connectivity index (χ1n) is 10.6. The summed E-state index contributed by atoms with van der Waals surface area (Å²) >= 11 is 0. The van der Waals surface area contributed by atoms with Gasteiger partial charge in [-0.1, -0.05) is 12.5 Å². The molecule has 2 fully saturated rings. The summed E-state index contributed by atoms with van der Waals surface area (Å²) in [5, 5.41) is 13.7. The molecule has 1 amide bonds. The van der Waals surface area contributed by atoms with Crippen LogP contribution < -0.4 is 0 Å². The molecule has 0 bridgehead atoms. The molecule has 0 radical (unpaired) electrons. The van der Waals surface area contributed by atoms with Crippen molar-refractivity contribution in [2.24, 2.45) is 5.41 Å². The fraction of sp³-hybridized carbons (Fsp3) is 0.478. The van der Waals surface area contributed by atoms with Crippen molar-refractivity contribution in [2.75, 3.05) is 19.7 Å². The summed E-state index contributed by atoms with van der Waals surface area (Å²) in [6.45, 7) is 3.34. The average Bonchev–Trinajstić information content (AvgIpc) is 3.27. The van der Waals surface area contributed by atoms with Crippen LogP contribution in [0, 0.1) is 11.2 Å². The number of ether oxygens (including phenoxy) is 1. The summed E-state index contributed by atoms with van der Waals surface area (Å²) in [4.78, 5) is 14.3. The smallest absolute Gasteiger partial charge is 0.410 e. The minimum Gasteiger partial charge on any atom is -0.440 e. The number of fused-ring (bicyclic) bond motifs is 3. The molecular weight excluding hydrogens is 385 g/mol. The molecule has 2 aliphatic carbocycles. The Kier molecular flexibility index (Phi) is 4.47. The number of halogens is 1. The van der Waals surface area contributed by atoms with Gasteiger partial charge in [-0.15, -0.1) is 0 Å². The fourth-order valence-electron chi connectivity index (χ4n) is 5.42. The van der Waals surface area contributed by atoms with Gasteiger partial charge in [0, 0.05) is 18.6 Å². The quantitative estimate of drug-likeness (QED) is 0.833. The SMILES string of the molecule is C[C@]12Cc3cnn(-c4ccc(F)cc4)c3C=C1CCC[C@@]21CN(CCCO)C(=O)O1. The molecule has 1 aromatic heterocycles. The maximum absolute atomic E-state index is 13.3. The molecule has 0 unspecified atom stereocenters. The molecule has 30 heavy (non-hydrogen) atoms. The third-order valence-corrected chi connectivity index (χ3v) is 7.13. The van der Waals surface area contributed by atoms with Crippen molar-refractivity contribution in [1.29, 1.82) is 0 Å². The van der Waals surface area contributed by atoms with Crippen molar-refractivity contribution in [3.63, 3.8) is 0 Å². The average molecular weight is 411 g/mol. The van der Waals surface area contributed by atoms with Crippen LogP contribution in [0.3, 0.4) is 0 Å². The van der Waals surface area contributed by atoms with Crippen LogP contribution in [0.25, 0.3) is 11.8 Å². The number of benzene rings is 1. The lowest BCUT2D eigenvalue weighted by Crippen LogP contribution is -2.55. The molecule has 5 rings (SSSR count). The maximum Gasteiger partial charge on any atom is 0.410 e.